The second-order valence-electron chi connectivity index (χ2n) is 8.98. The van der Waals surface area contributed by atoms with Crippen LogP contribution in [0.1, 0.15) is 35.4 Å². The average Bonchev–Trinajstić information content (AvgIpc) is 2.85. The number of para-hydroxylation sites is 1. The van der Waals surface area contributed by atoms with E-state index in [1.165, 1.54) is 48.3 Å². The van der Waals surface area contributed by atoms with Crippen LogP contribution in [0.15, 0.2) is 84.9 Å². The van der Waals surface area contributed by atoms with Gasteiger partial charge in [0, 0.05) is 37.3 Å². The number of anilines is 1. The lowest BCUT2D eigenvalue weighted by Gasteiger charge is -2.54. The van der Waals surface area contributed by atoms with E-state index in [0.29, 0.717) is 18.0 Å². The highest BCUT2D eigenvalue weighted by molar-refractivity contribution is 5.50. The van der Waals surface area contributed by atoms with Gasteiger partial charge in [-0.1, -0.05) is 78.9 Å². The van der Waals surface area contributed by atoms with Gasteiger partial charge in [0.1, 0.15) is 0 Å². The molecule has 160 valence electrons. The SMILES string of the molecule is CNc1ccccc1CN[C@@H]1C2CCN(CC2)[C@@H]1C(c1ccccc1)c1ccccc1. The molecule has 3 aliphatic heterocycles. The molecule has 3 aromatic rings. The van der Waals surface area contributed by atoms with Gasteiger partial charge in [-0.3, -0.25) is 4.90 Å². The lowest BCUT2D eigenvalue weighted by molar-refractivity contribution is 0.00470. The van der Waals surface area contributed by atoms with E-state index in [-0.39, 0.29) is 0 Å². The van der Waals surface area contributed by atoms with E-state index < -0.39 is 0 Å². The van der Waals surface area contributed by atoms with Crippen molar-refractivity contribution in [2.45, 2.75) is 37.4 Å². The van der Waals surface area contributed by atoms with E-state index in [0.717, 1.165) is 12.5 Å². The van der Waals surface area contributed by atoms with Crippen molar-refractivity contribution in [2.24, 2.45) is 5.92 Å². The third-order valence-electron chi connectivity index (χ3n) is 7.35. The van der Waals surface area contributed by atoms with Gasteiger partial charge in [-0.15, -0.1) is 0 Å². The predicted molar refractivity (Wildman–Crippen MR) is 129 cm³/mol. The molecule has 3 nitrogen and oxygen atoms in total. The molecule has 0 spiro atoms. The zero-order chi connectivity index (χ0) is 21.0. The van der Waals surface area contributed by atoms with Crippen LogP contribution in [0.3, 0.4) is 0 Å². The van der Waals surface area contributed by atoms with Crippen LogP contribution in [0, 0.1) is 5.92 Å². The minimum atomic E-state index is 0.377. The topological polar surface area (TPSA) is 27.3 Å². The van der Waals surface area contributed by atoms with Crippen LogP contribution >= 0.6 is 0 Å². The fourth-order valence-corrected chi connectivity index (χ4v) is 5.84. The van der Waals surface area contributed by atoms with E-state index in [9.17, 15) is 0 Å². The van der Waals surface area contributed by atoms with Gasteiger partial charge in [0.05, 0.1) is 0 Å². The van der Waals surface area contributed by atoms with E-state index in [1.807, 2.05) is 7.05 Å². The molecule has 6 rings (SSSR count). The van der Waals surface area contributed by atoms with E-state index in [4.69, 9.17) is 0 Å². The first-order chi connectivity index (χ1) is 15.3. The highest BCUT2D eigenvalue weighted by Crippen LogP contribution is 2.42. The second-order valence-corrected chi connectivity index (χ2v) is 8.98. The third kappa shape index (κ3) is 4.13. The second kappa shape index (κ2) is 9.25. The number of benzene rings is 3. The summed E-state index contributed by atoms with van der Waals surface area (Å²) in [6.45, 7) is 3.34. The van der Waals surface area contributed by atoms with Crippen LogP contribution in [0.4, 0.5) is 5.69 Å². The number of nitrogens with one attached hydrogen (secondary N) is 2. The Morgan fingerprint density at radius 2 is 1.39 bits per heavy atom. The van der Waals surface area contributed by atoms with Crippen LogP contribution < -0.4 is 10.6 Å². The van der Waals surface area contributed by atoms with Gasteiger partial charge in [0.2, 0.25) is 0 Å². The van der Waals surface area contributed by atoms with Crippen LogP contribution in [0.25, 0.3) is 0 Å². The summed E-state index contributed by atoms with van der Waals surface area (Å²) < 4.78 is 0. The number of rotatable bonds is 7. The summed E-state index contributed by atoms with van der Waals surface area (Å²) >= 11 is 0. The molecule has 31 heavy (non-hydrogen) atoms. The summed E-state index contributed by atoms with van der Waals surface area (Å²) in [7, 11) is 2.01. The Labute approximate surface area is 186 Å². The quantitative estimate of drug-likeness (QED) is 0.566. The zero-order valence-electron chi connectivity index (χ0n) is 18.4. The van der Waals surface area contributed by atoms with Crippen molar-refractivity contribution in [1.29, 1.82) is 0 Å². The van der Waals surface area contributed by atoms with Crippen molar-refractivity contribution in [3.63, 3.8) is 0 Å². The van der Waals surface area contributed by atoms with Gasteiger partial charge in [-0.2, -0.15) is 0 Å². The highest BCUT2D eigenvalue weighted by atomic mass is 15.2. The molecule has 2 N–H and O–H groups in total. The number of piperidine rings is 3. The van der Waals surface area contributed by atoms with E-state index in [2.05, 4.69) is 100 Å². The molecule has 3 heterocycles. The molecule has 3 saturated heterocycles. The summed E-state index contributed by atoms with van der Waals surface area (Å²) in [4.78, 5) is 2.76. The average molecular weight is 412 g/mol. The maximum Gasteiger partial charge on any atom is 0.0383 e. The lowest BCUT2D eigenvalue weighted by Crippen LogP contribution is -2.64. The van der Waals surface area contributed by atoms with Crippen molar-refractivity contribution < 1.29 is 0 Å². The van der Waals surface area contributed by atoms with Crippen LogP contribution in [0.2, 0.25) is 0 Å². The molecule has 0 saturated carbocycles. The van der Waals surface area contributed by atoms with Gasteiger partial charge in [-0.05, 0) is 54.6 Å². The minimum absolute atomic E-state index is 0.377. The number of hydrogen-bond acceptors (Lipinski definition) is 3. The Morgan fingerprint density at radius 1 is 0.806 bits per heavy atom. The molecule has 3 aromatic carbocycles. The molecule has 0 aromatic heterocycles. The van der Waals surface area contributed by atoms with Crippen LogP contribution in [0.5, 0.6) is 0 Å². The molecular weight excluding hydrogens is 378 g/mol. The molecule has 0 unspecified atom stereocenters. The summed E-state index contributed by atoms with van der Waals surface area (Å²) in [5.41, 5.74) is 5.41. The van der Waals surface area contributed by atoms with Gasteiger partial charge >= 0.3 is 0 Å². The summed E-state index contributed by atoms with van der Waals surface area (Å²) in [5.74, 6) is 1.12. The molecule has 3 heteroatoms. The first kappa shape index (κ1) is 20.3. The maximum absolute atomic E-state index is 4.03. The number of hydrogen-bond donors (Lipinski definition) is 2. The largest absolute Gasteiger partial charge is 0.388 e. The summed E-state index contributed by atoms with van der Waals surface area (Å²) in [6, 6.07) is 31.9. The number of fused-ring (bicyclic) bond motifs is 3. The molecule has 3 fully saturated rings. The van der Waals surface area contributed by atoms with Gasteiger partial charge in [0.15, 0.2) is 0 Å². The van der Waals surface area contributed by atoms with Gasteiger partial charge in [0.25, 0.3) is 0 Å². The highest BCUT2D eigenvalue weighted by Gasteiger charge is 2.46. The van der Waals surface area contributed by atoms with E-state index in [1.54, 1.807) is 0 Å². The molecule has 2 bridgehead atoms. The van der Waals surface area contributed by atoms with Gasteiger partial charge < -0.3 is 10.6 Å². The van der Waals surface area contributed by atoms with Crippen molar-refractivity contribution >= 4 is 5.69 Å². The van der Waals surface area contributed by atoms with Crippen molar-refractivity contribution in [2.75, 3.05) is 25.5 Å². The Morgan fingerprint density at radius 3 is 2.00 bits per heavy atom. The summed E-state index contributed by atoms with van der Waals surface area (Å²) in [6.07, 6.45) is 2.61. The fraction of sp³-hybridized carbons (Fsp3) is 0.357. The third-order valence-corrected chi connectivity index (χ3v) is 7.35. The Hall–Kier alpha value is -2.62. The normalized spacial score (nSPS) is 25.0. The van der Waals surface area contributed by atoms with Crippen molar-refractivity contribution in [3.05, 3.63) is 102 Å². The minimum Gasteiger partial charge on any atom is -0.388 e. The van der Waals surface area contributed by atoms with Crippen LogP contribution in [-0.2, 0) is 6.54 Å². The summed E-state index contributed by atoms with van der Waals surface area (Å²) in [5, 5.41) is 7.39. The van der Waals surface area contributed by atoms with Gasteiger partial charge in [-0.25, -0.2) is 0 Å². The monoisotopic (exact) mass is 411 g/mol. The number of nitrogens with zero attached hydrogens (tertiary/aromatic N) is 1. The molecule has 3 aliphatic rings. The fourth-order valence-electron chi connectivity index (χ4n) is 5.84. The first-order valence-corrected chi connectivity index (χ1v) is 11.7. The lowest BCUT2D eigenvalue weighted by atomic mass is 9.70. The molecule has 0 aliphatic carbocycles. The Balaban J connectivity index is 1.49. The maximum atomic E-state index is 4.03. The van der Waals surface area contributed by atoms with Crippen LogP contribution in [-0.4, -0.2) is 37.1 Å². The smallest absolute Gasteiger partial charge is 0.0383 e. The molecule has 2 atom stereocenters. The zero-order valence-corrected chi connectivity index (χ0v) is 18.4. The molecule has 0 radical (unpaired) electrons. The van der Waals surface area contributed by atoms with E-state index >= 15 is 0 Å². The Kier molecular flexibility index (Phi) is 6.06. The standard InChI is InChI=1S/C28H33N3/c1-29-25-15-9-8-14-24(25)20-30-27-23-16-18-31(19-17-23)28(27)26(21-10-4-2-5-11-21)22-12-6-3-7-13-22/h2-15,23,26-30H,16-20H2,1H3/t27-,28-/m1/s1. The molecular formula is C28H33N3. The Bertz CT molecular complexity index is 924. The predicted octanol–water partition coefficient (Wildman–Crippen LogP) is 5.11. The molecule has 0 amide bonds. The van der Waals surface area contributed by atoms with Crippen molar-refractivity contribution in [3.8, 4) is 0 Å². The van der Waals surface area contributed by atoms with Crippen molar-refractivity contribution in [1.82, 2.24) is 10.2 Å². The first-order valence-electron chi connectivity index (χ1n) is 11.7.